The molecule has 3 rings (SSSR count). The van der Waals surface area contributed by atoms with Crippen LogP contribution in [0.3, 0.4) is 0 Å². The number of hydrogen-bond acceptors (Lipinski definition) is 5. The zero-order valence-corrected chi connectivity index (χ0v) is 15.1. The molecule has 0 aliphatic rings. The van der Waals surface area contributed by atoms with Gasteiger partial charge in [-0.05, 0) is 17.7 Å². The second kappa shape index (κ2) is 8.53. The van der Waals surface area contributed by atoms with E-state index in [9.17, 15) is 4.79 Å². The van der Waals surface area contributed by atoms with Gasteiger partial charge in [0.25, 0.3) is 0 Å². The van der Waals surface area contributed by atoms with Crippen LogP contribution in [0.25, 0.3) is 11.4 Å². The topological polar surface area (TPSA) is 77.2 Å². The number of rotatable bonds is 8. The minimum atomic E-state index is -0.823. The highest BCUT2D eigenvalue weighted by Gasteiger charge is 2.18. The third kappa shape index (κ3) is 4.23. The number of thioether (sulfide) groups is 1. The van der Waals surface area contributed by atoms with Crippen LogP contribution in [-0.4, -0.2) is 38.7 Å². The summed E-state index contributed by atoms with van der Waals surface area (Å²) >= 11 is 1.39. The number of methoxy groups -OCH3 is 1. The van der Waals surface area contributed by atoms with E-state index in [0.717, 1.165) is 16.9 Å². The average Bonchev–Trinajstić information content (AvgIpc) is 3.04. The van der Waals surface area contributed by atoms with Crippen LogP contribution in [0.2, 0.25) is 0 Å². The first-order valence-corrected chi connectivity index (χ1v) is 9.12. The van der Waals surface area contributed by atoms with E-state index in [0.29, 0.717) is 23.3 Å². The van der Waals surface area contributed by atoms with Crippen molar-refractivity contribution in [2.24, 2.45) is 0 Å². The van der Waals surface area contributed by atoms with Crippen molar-refractivity contribution in [3.05, 3.63) is 60.2 Å². The number of benzene rings is 2. The molecule has 0 saturated heterocycles. The molecule has 1 aromatic heterocycles. The molecule has 0 aliphatic carbocycles. The number of aromatic nitrogens is 3. The molecule has 0 unspecified atom stereocenters. The molecule has 6 nitrogen and oxygen atoms in total. The van der Waals surface area contributed by atoms with Gasteiger partial charge in [-0.15, -0.1) is 10.2 Å². The zero-order chi connectivity index (χ0) is 18.4. The highest BCUT2D eigenvalue weighted by atomic mass is 32.2. The lowest BCUT2D eigenvalue weighted by molar-refractivity contribution is -0.136. The summed E-state index contributed by atoms with van der Waals surface area (Å²) in [6.07, 6.45) is 0.0762. The maximum atomic E-state index is 10.8. The molecule has 2 aromatic carbocycles. The molecule has 0 spiro atoms. The van der Waals surface area contributed by atoms with Crippen LogP contribution in [0.1, 0.15) is 12.0 Å². The molecule has 0 aliphatic heterocycles. The largest absolute Gasteiger partial charge is 0.496 e. The average molecular weight is 369 g/mol. The van der Waals surface area contributed by atoms with Gasteiger partial charge in [0.1, 0.15) is 5.75 Å². The Bertz CT molecular complexity index is 881. The minimum absolute atomic E-state index is 0.0762. The number of hydrogen-bond donors (Lipinski definition) is 1. The zero-order valence-electron chi connectivity index (χ0n) is 14.3. The quantitative estimate of drug-likeness (QED) is 0.612. The van der Waals surface area contributed by atoms with Gasteiger partial charge in [0, 0.05) is 5.75 Å². The number of carboxylic acids is 1. The fourth-order valence-corrected chi connectivity index (χ4v) is 3.43. The predicted octanol–water partition coefficient (Wildman–Crippen LogP) is 3.57. The van der Waals surface area contributed by atoms with Crippen molar-refractivity contribution >= 4 is 17.7 Å². The van der Waals surface area contributed by atoms with E-state index in [1.54, 1.807) is 7.11 Å². The Hall–Kier alpha value is -2.80. The molecule has 0 atom stereocenters. The molecule has 0 saturated carbocycles. The van der Waals surface area contributed by atoms with Crippen molar-refractivity contribution in [3.63, 3.8) is 0 Å². The fourth-order valence-electron chi connectivity index (χ4n) is 2.56. The van der Waals surface area contributed by atoms with Crippen LogP contribution in [0.5, 0.6) is 5.75 Å². The van der Waals surface area contributed by atoms with Crippen LogP contribution in [0, 0.1) is 0 Å². The van der Waals surface area contributed by atoms with Gasteiger partial charge >= 0.3 is 5.97 Å². The van der Waals surface area contributed by atoms with E-state index in [2.05, 4.69) is 10.2 Å². The van der Waals surface area contributed by atoms with Crippen LogP contribution in [0.15, 0.2) is 59.8 Å². The second-order valence-electron chi connectivity index (χ2n) is 5.57. The lowest BCUT2D eigenvalue weighted by atomic mass is 10.1. The first-order valence-electron chi connectivity index (χ1n) is 8.14. The number of nitrogens with zero attached hydrogens (tertiary/aromatic N) is 3. The Morgan fingerprint density at radius 1 is 1.12 bits per heavy atom. The molecule has 1 N–H and O–H groups in total. The summed E-state index contributed by atoms with van der Waals surface area (Å²) in [5.74, 6) is 1.03. The summed E-state index contributed by atoms with van der Waals surface area (Å²) in [6, 6.07) is 17.7. The van der Waals surface area contributed by atoms with Gasteiger partial charge in [0.05, 0.1) is 25.6 Å². The number of para-hydroxylation sites is 1. The third-order valence-corrected chi connectivity index (χ3v) is 4.76. The maximum absolute atomic E-state index is 10.8. The lowest BCUT2D eigenvalue weighted by Crippen LogP contribution is -2.05. The van der Waals surface area contributed by atoms with E-state index in [1.807, 2.05) is 59.2 Å². The molecule has 0 fully saturated rings. The Morgan fingerprint density at radius 3 is 2.58 bits per heavy atom. The van der Waals surface area contributed by atoms with Crippen LogP contribution >= 0.6 is 11.8 Å². The second-order valence-corrected chi connectivity index (χ2v) is 6.63. The molecule has 26 heavy (non-hydrogen) atoms. The van der Waals surface area contributed by atoms with E-state index in [1.165, 1.54) is 11.8 Å². The van der Waals surface area contributed by atoms with Crippen molar-refractivity contribution in [1.29, 1.82) is 0 Å². The Kier molecular flexibility index (Phi) is 5.91. The van der Waals surface area contributed by atoms with Gasteiger partial charge in [-0.25, -0.2) is 0 Å². The third-order valence-electron chi connectivity index (χ3n) is 3.80. The fraction of sp³-hybridized carbons (Fsp3) is 0.211. The summed E-state index contributed by atoms with van der Waals surface area (Å²) < 4.78 is 7.46. The van der Waals surface area contributed by atoms with E-state index in [4.69, 9.17) is 9.84 Å². The van der Waals surface area contributed by atoms with Gasteiger partial charge in [-0.2, -0.15) is 0 Å². The molecular weight excluding hydrogens is 350 g/mol. The van der Waals surface area contributed by atoms with Crippen molar-refractivity contribution in [3.8, 4) is 17.1 Å². The molecule has 0 amide bonds. The normalized spacial score (nSPS) is 10.7. The van der Waals surface area contributed by atoms with E-state index < -0.39 is 5.97 Å². The summed E-state index contributed by atoms with van der Waals surface area (Å²) in [5.41, 5.74) is 1.96. The van der Waals surface area contributed by atoms with Gasteiger partial charge < -0.3 is 9.84 Å². The van der Waals surface area contributed by atoms with Gasteiger partial charge in [-0.1, -0.05) is 54.2 Å². The minimum Gasteiger partial charge on any atom is -0.496 e. The number of aliphatic carboxylic acids is 1. The first kappa shape index (κ1) is 18.0. The maximum Gasteiger partial charge on any atom is 0.304 e. The number of carbonyl (C=O) groups is 1. The van der Waals surface area contributed by atoms with E-state index in [-0.39, 0.29) is 6.42 Å². The SMILES string of the molecule is COc1ccccc1-c1nnc(SCCC(=O)O)n1Cc1ccccc1. The van der Waals surface area contributed by atoms with Crippen molar-refractivity contribution < 1.29 is 14.6 Å². The summed E-state index contributed by atoms with van der Waals surface area (Å²) in [6.45, 7) is 0.594. The van der Waals surface area contributed by atoms with E-state index >= 15 is 0 Å². The highest BCUT2D eigenvalue weighted by molar-refractivity contribution is 7.99. The Labute approximate surface area is 155 Å². The highest BCUT2D eigenvalue weighted by Crippen LogP contribution is 2.31. The molecule has 3 aromatic rings. The van der Waals surface area contributed by atoms with Gasteiger partial charge in [0.2, 0.25) is 0 Å². The smallest absolute Gasteiger partial charge is 0.304 e. The summed E-state index contributed by atoms with van der Waals surface area (Å²) in [7, 11) is 1.62. The van der Waals surface area contributed by atoms with Gasteiger partial charge in [-0.3, -0.25) is 9.36 Å². The number of carboxylic acid groups (broad SMARTS) is 1. The Morgan fingerprint density at radius 2 is 1.85 bits per heavy atom. The molecule has 0 bridgehead atoms. The van der Waals surface area contributed by atoms with Crippen molar-refractivity contribution in [1.82, 2.24) is 14.8 Å². The first-order chi connectivity index (χ1) is 12.7. The molecule has 0 radical (unpaired) electrons. The standard InChI is InChI=1S/C19H19N3O3S/c1-25-16-10-6-5-9-15(16)18-20-21-19(26-12-11-17(23)24)22(18)13-14-7-3-2-4-8-14/h2-10H,11-13H2,1H3,(H,23,24). The molecule has 1 heterocycles. The predicted molar refractivity (Wildman–Crippen MR) is 101 cm³/mol. The molecule has 134 valence electrons. The van der Waals surface area contributed by atoms with Crippen molar-refractivity contribution in [2.75, 3.05) is 12.9 Å². The van der Waals surface area contributed by atoms with Crippen molar-refractivity contribution in [2.45, 2.75) is 18.1 Å². The lowest BCUT2D eigenvalue weighted by Gasteiger charge is -2.12. The van der Waals surface area contributed by atoms with Crippen LogP contribution in [0.4, 0.5) is 0 Å². The monoisotopic (exact) mass is 369 g/mol. The Balaban J connectivity index is 1.98. The van der Waals surface area contributed by atoms with Gasteiger partial charge in [0.15, 0.2) is 11.0 Å². The molecular formula is C19H19N3O3S. The van der Waals surface area contributed by atoms with Crippen LogP contribution < -0.4 is 4.74 Å². The van der Waals surface area contributed by atoms with Crippen LogP contribution in [-0.2, 0) is 11.3 Å². The summed E-state index contributed by atoms with van der Waals surface area (Å²) in [4.78, 5) is 10.8. The summed E-state index contributed by atoms with van der Waals surface area (Å²) in [5, 5.41) is 18.2. The number of ether oxygens (including phenoxy) is 1. The molecule has 7 heteroatoms.